The van der Waals surface area contributed by atoms with E-state index in [0.717, 1.165) is 11.3 Å². The van der Waals surface area contributed by atoms with Crippen LogP contribution in [0.3, 0.4) is 0 Å². The Labute approximate surface area is 118 Å². The maximum atomic E-state index is 12.1. The van der Waals surface area contributed by atoms with Gasteiger partial charge in [-0.3, -0.25) is 9.59 Å². The first-order chi connectivity index (χ1) is 9.54. The summed E-state index contributed by atoms with van der Waals surface area (Å²) in [7, 11) is 1.70. The SMILES string of the molecule is CCOc1ccccc1CN(C)C(=O)[C@@H]1C[C@@H]1C(=O)O. The number of carbonyl (C=O) groups is 2. The molecule has 5 nitrogen and oxygen atoms in total. The summed E-state index contributed by atoms with van der Waals surface area (Å²) in [5, 5.41) is 8.87. The molecule has 1 fully saturated rings. The molecule has 0 heterocycles. The minimum Gasteiger partial charge on any atom is -0.494 e. The number of carboxylic acids is 1. The number of para-hydroxylation sites is 1. The van der Waals surface area contributed by atoms with Crippen LogP contribution in [0.15, 0.2) is 24.3 Å². The van der Waals surface area contributed by atoms with Crippen molar-refractivity contribution in [2.24, 2.45) is 11.8 Å². The van der Waals surface area contributed by atoms with Gasteiger partial charge in [0.15, 0.2) is 0 Å². The number of ether oxygens (including phenoxy) is 1. The van der Waals surface area contributed by atoms with Crippen LogP contribution in [0, 0.1) is 11.8 Å². The minimum absolute atomic E-state index is 0.108. The molecule has 2 rings (SSSR count). The van der Waals surface area contributed by atoms with Gasteiger partial charge in [0.1, 0.15) is 5.75 Å². The summed E-state index contributed by atoms with van der Waals surface area (Å²) in [6, 6.07) is 7.57. The van der Waals surface area contributed by atoms with E-state index in [9.17, 15) is 9.59 Å². The number of aliphatic carboxylic acids is 1. The number of carbonyl (C=O) groups excluding carboxylic acids is 1. The van der Waals surface area contributed by atoms with Gasteiger partial charge in [0, 0.05) is 19.2 Å². The number of rotatable bonds is 6. The first-order valence-corrected chi connectivity index (χ1v) is 6.73. The van der Waals surface area contributed by atoms with Crippen LogP contribution in [0.1, 0.15) is 18.9 Å². The van der Waals surface area contributed by atoms with Crippen molar-refractivity contribution < 1.29 is 19.4 Å². The van der Waals surface area contributed by atoms with Crippen molar-refractivity contribution >= 4 is 11.9 Å². The third-order valence-electron chi connectivity index (χ3n) is 3.48. The van der Waals surface area contributed by atoms with Crippen molar-refractivity contribution in [3.63, 3.8) is 0 Å². The Balaban J connectivity index is 2.00. The second-order valence-electron chi connectivity index (χ2n) is 5.02. The molecule has 1 saturated carbocycles. The third kappa shape index (κ3) is 3.10. The van der Waals surface area contributed by atoms with Crippen molar-refractivity contribution in [1.82, 2.24) is 4.90 Å². The lowest BCUT2D eigenvalue weighted by Crippen LogP contribution is -2.29. The molecule has 1 aromatic rings. The summed E-state index contributed by atoms with van der Waals surface area (Å²) < 4.78 is 5.52. The number of hydrogen-bond donors (Lipinski definition) is 1. The van der Waals surface area contributed by atoms with Crippen LogP contribution in [0.25, 0.3) is 0 Å². The molecule has 0 saturated heterocycles. The van der Waals surface area contributed by atoms with Gasteiger partial charge in [-0.05, 0) is 19.4 Å². The van der Waals surface area contributed by atoms with Crippen LogP contribution in [0.4, 0.5) is 0 Å². The fourth-order valence-corrected chi connectivity index (χ4v) is 2.29. The lowest BCUT2D eigenvalue weighted by atomic mass is 10.2. The third-order valence-corrected chi connectivity index (χ3v) is 3.48. The van der Waals surface area contributed by atoms with Crippen molar-refractivity contribution in [3.05, 3.63) is 29.8 Å². The van der Waals surface area contributed by atoms with Crippen molar-refractivity contribution in [2.45, 2.75) is 19.9 Å². The van der Waals surface area contributed by atoms with Crippen LogP contribution in [-0.2, 0) is 16.1 Å². The molecular weight excluding hydrogens is 258 g/mol. The molecule has 108 valence electrons. The van der Waals surface area contributed by atoms with E-state index in [4.69, 9.17) is 9.84 Å². The fraction of sp³-hybridized carbons (Fsp3) is 0.467. The summed E-state index contributed by atoms with van der Waals surface area (Å²) >= 11 is 0. The molecule has 0 aliphatic heterocycles. The van der Waals surface area contributed by atoms with Crippen LogP contribution in [-0.4, -0.2) is 35.5 Å². The van der Waals surface area contributed by atoms with E-state index in [-0.39, 0.29) is 11.8 Å². The van der Waals surface area contributed by atoms with Crippen LogP contribution in [0.5, 0.6) is 5.75 Å². The molecule has 1 N–H and O–H groups in total. The van der Waals surface area contributed by atoms with Gasteiger partial charge >= 0.3 is 5.97 Å². The van der Waals surface area contributed by atoms with Gasteiger partial charge in [-0.1, -0.05) is 18.2 Å². The van der Waals surface area contributed by atoms with Crippen LogP contribution >= 0.6 is 0 Å². The summed E-state index contributed by atoms with van der Waals surface area (Å²) in [6.07, 6.45) is 0.450. The van der Waals surface area contributed by atoms with Gasteiger partial charge in [-0.15, -0.1) is 0 Å². The Bertz CT molecular complexity index is 514. The molecule has 1 aliphatic rings. The molecule has 20 heavy (non-hydrogen) atoms. The topological polar surface area (TPSA) is 66.8 Å². The Morgan fingerprint density at radius 2 is 2.05 bits per heavy atom. The molecule has 1 amide bonds. The van der Waals surface area contributed by atoms with Gasteiger partial charge in [0.25, 0.3) is 0 Å². The van der Waals surface area contributed by atoms with Crippen molar-refractivity contribution in [2.75, 3.05) is 13.7 Å². The number of hydrogen-bond acceptors (Lipinski definition) is 3. The highest BCUT2D eigenvalue weighted by molar-refractivity contribution is 5.89. The van der Waals surface area contributed by atoms with Gasteiger partial charge in [-0.25, -0.2) is 0 Å². The summed E-state index contributed by atoms with van der Waals surface area (Å²) in [5.74, 6) is -1.10. The first-order valence-electron chi connectivity index (χ1n) is 6.73. The quantitative estimate of drug-likeness (QED) is 0.860. The van der Waals surface area contributed by atoms with Crippen LogP contribution in [0.2, 0.25) is 0 Å². The van der Waals surface area contributed by atoms with Gasteiger partial charge in [-0.2, -0.15) is 0 Å². The Hall–Kier alpha value is -2.04. The average Bonchev–Trinajstić information content (AvgIpc) is 3.20. The van der Waals surface area contributed by atoms with E-state index in [2.05, 4.69) is 0 Å². The molecule has 0 radical (unpaired) electrons. The monoisotopic (exact) mass is 277 g/mol. The normalized spacial score (nSPS) is 20.3. The standard InChI is InChI=1S/C15H19NO4/c1-3-20-13-7-5-4-6-10(13)9-16(2)14(17)11-8-12(11)15(18)19/h4-7,11-12H,3,8-9H2,1-2H3,(H,18,19)/t11-,12+/m1/s1. The smallest absolute Gasteiger partial charge is 0.307 e. The molecule has 1 aliphatic carbocycles. The number of nitrogens with zero attached hydrogens (tertiary/aromatic N) is 1. The molecule has 1 aromatic carbocycles. The Morgan fingerprint density at radius 1 is 1.35 bits per heavy atom. The highest BCUT2D eigenvalue weighted by atomic mass is 16.5. The summed E-state index contributed by atoms with van der Waals surface area (Å²) in [5.41, 5.74) is 0.928. The molecule has 0 spiro atoms. The van der Waals surface area contributed by atoms with E-state index in [1.54, 1.807) is 11.9 Å². The van der Waals surface area contributed by atoms with Gasteiger partial charge in [0.2, 0.25) is 5.91 Å². The van der Waals surface area contributed by atoms with Crippen molar-refractivity contribution in [1.29, 1.82) is 0 Å². The zero-order valence-electron chi connectivity index (χ0n) is 11.7. The second-order valence-corrected chi connectivity index (χ2v) is 5.02. The van der Waals surface area contributed by atoms with Gasteiger partial charge in [0.05, 0.1) is 18.4 Å². The van der Waals surface area contributed by atoms with Crippen LogP contribution < -0.4 is 4.74 Å². The van der Waals surface area contributed by atoms with E-state index in [0.29, 0.717) is 19.6 Å². The highest BCUT2D eigenvalue weighted by Crippen LogP contribution is 2.40. The molecule has 0 aromatic heterocycles. The minimum atomic E-state index is -0.883. The zero-order chi connectivity index (χ0) is 14.7. The largest absolute Gasteiger partial charge is 0.494 e. The summed E-state index contributed by atoms with van der Waals surface area (Å²) in [6.45, 7) is 2.91. The Morgan fingerprint density at radius 3 is 2.65 bits per heavy atom. The number of amides is 1. The maximum Gasteiger partial charge on any atom is 0.307 e. The average molecular weight is 277 g/mol. The molecular formula is C15H19NO4. The van der Waals surface area contributed by atoms with E-state index in [1.165, 1.54) is 0 Å². The molecule has 0 bridgehead atoms. The van der Waals surface area contributed by atoms with Crippen molar-refractivity contribution in [3.8, 4) is 5.75 Å². The first kappa shape index (κ1) is 14.4. The Kier molecular flexibility index (Phi) is 4.27. The molecule has 5 heteroatoms. The summed E-state index contributed by atoms with van der Waals surface area (Å²) in [4.78, 5) is 24.5. The lowest BCUT2D eigenvalue weighted by molar-refractivity contribution is -0.141. The van der Waals surface area contributed by atoms with Gasteiger partial charge < -0.3 is 14.7 Å². The maximum absolute atomic E-state index is 12.1. The molecule has 2 atom stereocenters. The number of carboxylic acid groups (broad SMARTS) is 1. The second kappa shape index (κ2) is 5.94. The fourth-order valence-electron chi connectivity index (χ4n) is 2.29. The number of benzene rings is 1. The lowest BCUT2D eigenvalue weighted by Gasteiger charge is -2.19. The predicted octanol–water partition coefficient (Wildman–Crippen LogP) is 1.76. The van der Waals surface area contributed by atoms with E-state index in [1.807, 2.05) is 31.2 Å². The zero-order valence-corrected chi connectivity index (χ0v) is 11.7. The predicted molar refractivity (Wildman–Crippen MR) is 73.3 cm³/mol. The molecule has 0 unspecified atom stereocenters. The van der Waals surface area contributed by atoms with E-state index >= 15 is 0 Å². The van der Waals surface area contributed by atoms with E-state index < -0.39 is 11.9 Å². The highest BCUT2D eigenvalue weighted by Gasteiger charge is 2.49.